The minimum absolute atomic E-state index is 0.539. The summed E-state index contributed by atoms with van der Waals surface area (Å²) >= 11 is 0. The van der Waals surface area contributed by atoms with Gasteiger partial charge in [-0.1, -0.05) is 0 Å². The van der Waals surface area contributed by atoms with E-state index in [0.717, 1.165) is 19.1 Å². The molecule has 0 spiro atoms. The van der Waals surface area contributed by atoms with E-state index in [0.29, 0.717) is 6.10 Å². The molecule has 0 aliphatic carbocycles. The molecular formula is C7H13NO. The summed E-state index contributed by atoms with van der Waals surface area (Å²) in [6.45, 7) is 3.30. The van der Waals surface area contributed by atoms with E-state index in [1.54, 1.807) is 0 Å². The lowest BCUT2D eigenvalue weighted by molar-refractivity contribution is -0.0250. The number of hydrogen-bond donors (Lipinski definition) is 1. The highest BCUT2D eigenvalue weighted by atomic mass is 16.5. The molecule has 2 aliphatic heterocycles. The molecule has 2 atom stereocenters. The number of piperidine rings is 1. The van der Waals surface area contributed by atoms with Crippen molar-refractivity contribution in [3.05, 3.63) is 0 Å². The Kier molecular flexibility index (Phi) is 1.44. The Labute approximate surface area is 55.6 Å². The van der Waals surface area contributed by atoms with Gasteiger partial charge in [0.25, 0.3) is 0 Å². The predicted octanol–water partition coefficient (Wildman–Crippen LogP) is 0.385. The van der Waals surface area contributed by atoms with Gasteiger partial charge in [0, 0.05) is 13.2 Å². The van der Waals surface area contributed by atoms with Crippen LogP contribution < -0.4 is 5.32 Å². The first-order valence-electron chi connectivity index (χ1n) is 3.77. The third kappa shape index (κ3) is 1.10. The van der Waals surface area contributed by atoms with Crippen LogP contribution in [0.2, 0.25) is 0 Å². The molecule has 0 aromatic heterocycles. The lowest BCUT2D eigenvalue weighted by Gasteiger charge is -2.34. The molecule has 2 saturated heterocycles. The van der Waals surface area contributed by atoms with Crippen molar-refractivity contribution in [1.82, 2.24) is 5.32 Å². The van der Waals surface area contributed by atoms with Crippen LogP contribution in [0.25, 0.3) is 0 Å². The van der Waals surface area contributed by atoms with E-state index < -0.39 is 0 Å². The second kappa shape index (κ2) is 2.27. The summed E-state index contributed by atoms with van der Waals surface area (Å²) in [5.41, 5.74) is 0. The van der Waals surface area contributed by atoms with Crippen LogP contribution in [0.4, 0.5) is 0 Å². The standard InChI is InChI=1S/C7H13NO/c1-2-9-7-3-6(1)4-8-5-7/h6-8H,1-5H2/t6-,7-/m1/s1. The van der Waals surface area contributed by atoms with Crippen molar-refractivity contribution in [2.45, 2.75) is 18.9 Å². The fourth-order valence-electron chi connectivity index (χ4n) is 1.74. The van der Waals surface area contributed by atoms with Gasteiger partial charge >= 0.3 is 0 Å². The summed E-state index contributed by atoms with van der Waals surface area (Å²) in [4.78, 5) is 0. The van der Waals surface area contributed by atoms with Crippen molar-refractivity contribution >= 4 is 0 Å². The molecule has 9 heavy (non-hydrogen) atoms. The lowest BCUT2D eigenvalue weighted by Crippen LogP contribution is -2.44. The third-order valence-electron chi connectivity index (χ3n) is 2.28. The van der Waals surface area contributed by atoms with Crippen LogP contribution in [0.15, 0.2) is 0 Å². The highest BCUT2D eigenvalue weighted by Gasteiger charge is 2.25. The first-order valence-corrected chi connectivity index (χ1v) is 3.77. The normalized spacial score (nSPS) is 42.7. The molecule has 0 unspecified atom stereocenters. The molecule has 0 radical (unpaired) electrons. The molecule has 0 amide bonds. The number of nitrogens with one attached hydrogen (secondary N) is 1. The molecule has 2 aliphatic rings. The van der Waals surface area contributed by atoms with Gasteiger partial charge in [-0.2, -0.15) is 0 Å². The zero-order chi connectivity index (χ0) is 6.10. The molecule has 0 saturated carbocycles. The molecule has 2 nitrogen and oxygen atoms in total. The van der Waals surface area contributed by atoms with Crippen LogP contribution in [0.5, 0.6) is 0 Å². The maximum absolute atomic E-state index is 5.49. The molecule has 2 rings (SSSR count). The summed E-state index contributed by atoms with van der Waals surface area (Å²) in [5, 5.41) is 3.36. The summed E-state index contributed by atoms with van der Waals surface area (Å²) < 4.78 is 5.49. The average molecular weight is 127 g/mol. The first kappa shape index (κ1) is 5.69. The van der Waals surface area contributed by atoms with Gasteiger partial charge in [0.15, 0.2) is 0 Å². The van der Waals surface area contributed by atoms with Gasteiger partial charge < -0.3 is 10.1 Å². The monoisotopic (exact) mass is 127 g/mol. The Morgan fingerprint density at radius 1 is 1.33 bits per heavy atom. The molecule has 2 bridgehead atoms. The third-order valence-corrected chi connectivity index (χ3v) is 2.28. The van der Waals surface area contributed by atoms with Gasteiger partial charge in [0.1, 0.15) is 0 Å². The fraction of sp³-hybridized carbons (Fsp3) is 1.00. The number of rotatable bonds is 0. The highest BCUT2D eigenvalue weighted by molar-refractivity contribution is 4.79. The van der Waals surface area contributed by atoms with Crippen molar-refractivity contribution < 1.29 is 4.74 Å². The van der Waals surface area contributed by atoms with Gasteiger partial charge in [-0.3, -0.25) is 0 Å². The Balaban J connectivity index is 1.96. The summed E-state index contributed by atoms with van der Waals surface area (Å²) in [7, 11) is 0. The van der Waals surface area contributed by atoms with Crippen LogP contribution in [-0.4, -0.2) is 25.8 Å². The molecular weight excluding hydrogens is 114 g/mol. The largest absolute Gasteiger partial charge is 0.377 e. The Hall–Kier alpha value is -0.0800. The van der Waals surface area contributed by atoms with E-state index in [9.17, 15) is 0 Å². The molecule has 0 aromatic rings. The molecule has 2 fully saturated rings. The maximum atomic E-state index is 5.49. The van der Waals surface area contributed by atoms with Crippen LogP contribution in [0, 0.1) is 5.92 Å². The van der Waals surface area contributed by atoms with Crippen LogP contribution in [-0.2, 0) is 4.74 Å². The summed E-state index contributed by atoms with van der Waals surface area (Å²) in [6, 6.07) is 0. The van der Waals surface area contributed by atoms with E-state index in [1.165, 1.54) is 19.4 Å². The first-order chi connectivity index (χ1) is 4.45. The second-order valence-electron chi connectivity index (χ2n) is 3.04. The van der Waals surface area contributed by atoms with Crippen molar-refractivity contribution in [2.24, 2.45) is 5.92 Å². The van der Waals surface area contributed by atoms with E-state index in [4.69, 9.17) is 4.74 Å². The van der Waals surface area contributed by atoms with E-state index >= 15 is 0 Å². The molecule has 2 heterocycles. The van der Waals surface area contributed by atoms with Crippen molar-refractivity contribution in [3.63, 3.8) is 0 Å². The van der Waals surface area contributed by atoms with Gasteiger partial charge in [0.05, 0.1) is 6.10 Å². The molecule has 52 valence electrons. The Bertz CT molecular complexity index is 85.1. The van der Waals surface area contributed by atoms with Crippen molar-refractivity contribution in [2.75, 3.05) is 19.7 Å². The maximum Gasteiger partial charge on any atom is 0.0702 e. The summed E-state index contributed by atoms with van der Waals surface area (Å²) in [6.07, 6.45) is 3.11. The van der Waals surface area contributed by atoms with E-state index in [2.05, 4.69) is 5.32 Å². The zero-order valence-electron chi connectivity index (χ0n) is 5.60. The minimum Gasteiger partial charge on any atom is -0.377 e. The van der Waals surface area contributed by atoms with Crippen LogP contribution in [0.1, 0.15) is 12.8 Å². The molecule has 2 heteroatoms. The second-order valence-corrected chi connectivity index (χ2v) is 3.04. The van der Waals surface area contributed by atoms with E-state index in [1.807, 2.05) is 0 Å². The van der Waals surface area contributed by atoms with E-state index in [-0.39, 0.29) is 0 Å². The zero-order valence-corrected chi connectivity index (χ0v) is 5.60. The number of ether oxygens (including phenoxy) is 1. The van der Waals surface area contributed by atoms with Crippen LogP contribution >= 0.6 is 0 Å². The molecule has 0 aromatic carbocycles. The predicted molar refractivity (Wildman–Crippen MR) is 35.3 cm³/mol. The number of hydrogen-bond acceptors (Lipinski definition) is 2. The Morgan fingerprint density at radius 3 is 3.11 bits per heavy atom. The van der Waals surface area contributed by atoms with Gasteiger partial charge in [-0.15, -0.1) is 0 Å². The minimum atomic E-state index is 0.539. The average Bonchev–Trinajstić information content (AvgIpc) is 1.88. The van der Waals surface area contributed by atoms with Crippen molar-refractivity contribution in [1.29, 1.82) is 0 Å². The fourth-order valence-corrected chi connectivity index (χ4v) is 1.74. The van der Waals surface area contributed by atoms with Gasteiger partial charge in [0.2, 0.25) is 0 Å². The lowest BCUT2D eigenvalue weighted by atomic mass is 9.92. The molecule has 1 N–H and O–H groups in total. The SMILES string of the molecule is C1C[C@H]2CNC[C@@H](C2)O1. The summed E-state index contributed by atoms with van der Waals surface area (Å²) in [5.74, 6) is 0.914. The van der Waals surface area contributed by atoms with Crippen LogP contribution in [0.3, 0.4) is 0 Å². The highest BCUT2D eigenvalue weighted by Crippen LogP contribution is 2.21. The van der Waals surface area contributed by atoms with Gasteiger partial charge in [-0.25, -0.2) is 0 Å². The van der Waals surface area contributed by atoms with Crippen molar-refractivity contribution in [3.8, 4) is 0 Å². The Morgan fingerprint density at radius 2 is 2.33 bits per heavy atom. The number of fused-ring (bicyclic) bond motifs is 2. The quantitative estimate of drug-likeness (QED) is 0.508. The smallest absolute Gasteiger partial charge is 0.0702 e. The topological polar surface area (TPSA) is 21.3 Å². The van der Waals surface area contributed by atoms with Gasteiger partial charge in [-0.05, 0) is 25.3 Å².